The van der Waals surface area contributed by atoms with Gasteiger partial charge in [-0.15, -0.1) is 0 Å². The Labute approximate surface area is 547 Å². The third kappa shape index (κ3) is 71.1. The number of aliphatic hydroxyl groups excluding tert-OH is 1. The topological polar surface area (TPSA) is 105 Å². The van der Waals surface area contributed by atoms with Crippen molar-refractivity contribution in [1.29, 1.82) is 0 Å². The number of allylic oxidation sites excluding steroid dienone is 13. The molecule has 8 nitrogen and oxygen atoms in total. The van der Waals surface area contributed by atoms with Gasteiger partial charge in [0.2, 0.25) is 5.91 Å². The number of amides is 1. The molecule has 3 atom stereocenters. The van der Waals surface area contributed by atoms with Crippen LogP contribution < -0.4 is 5.32 Å². The van der Waals surface area contributed by atoms with Crippen LogP contribution in [0.2, 0.25) is 0 Å². The molecular formula is C79H148N2O6P+. The Morgan fingerprint density at radius 2 is 0.693 bits per heavy atom. The summed E-state index contributed by atoms with van der Waals surface area (Å²) in [5.74, 6) is -0.181. The van der Waals surface area contributed by atoms with E-state index in [2.05, 4.69) is 92.1 Å². The molecule has 3 N–H and O–H groups in total. The van der Waals surface area contributed by atoms with Gasteiger partial charge in [-0.3, -0.25) is 13.8 Å². The number of rotatable bonds is 70. The van der Waals surface area contributed by atoms with Crippen molar-refractivity contribution >= 4 is 13.7 Å². The largest absolute Gasteiger partial charge is 0.472 e. The molecule has 0 aliphatic carbocycles. The van der Waals surface area contributed by atoms with Gasteiger partial charge in [-0.1, -0.05) is 362 Å². The Morgan fingerprint density at radius 1 is 0.398 bits per heavy atom. The summed E-state index contributed by atoms with van der Waals surface area (Å²) in [5, 5.41) is 14.0. The molecule has 9 heteroatoms. The zero-order valence-corrected chi connectivity index (χ0v) is 59.9. The molecule has 0 aromatic carbocycles. The minimum absolute atomic E-state index is 0.0563. The lowest BCUT2D eigenvalue weighted by Gasteiger charge is -2.25. The Bertz CT molecular complexity index is 1710. The Morgan fingerprint density at radius 3 is 1.05 bits per heavy atom. The van der Waals surface area contributed by atoms with Crippen LogP contribution >= 0.6 is 7.82 Å². The van der Waals surface area contributed by atoms with Crippen LogP contribution in [-0.4, -0.2) is 73.4 Å². The molecule has 0 aromatic heterocycles. The number of nitrogens with one attached hydrogen (secondary N) is 1. The maximum Gasteiger partial charge on any atom is 0.472 e. The third-order valence-corrected chi connectivity index (χ3v) is 18.1. The summed E-state index contributed by atoms with van der Waals surface area (Å²) < 4.78 is 23.8. The van der Waals surface area contributed by atoms with Gasteiger partial charge in [0.25, 0.3) is 0 Å². The summed E-state index contributed by atoms with van der Waals surface area (Å²) in [6, 6.07) is -0.866. The van der Waals surface area contributed by atoms with Crippen LogP contribution in [0.25, 0.3) is 0 Å². The fourth-order valence-electron chi connectivity index (χ4n) is 11.3. The second kappa shape index (κ2) is 69.0. The maximum atomic E-state index is 13.1. The lowest BCUT2D eigenvalue weighted by molar-refractivity contribution is -0.870. The number of hydrogen-bond acceptors (Lipinski definition) is 5. The second-order valence-corrected chi connectivity index (χ2v) is 28.4. The van der Waals surface area contributed by atoms with E-state index in [0.717, 1.165) is 70.6 Å². The van der Waals surface area contributed by atoms with Crippen LogP contribution in [0.3, 0.4) is 0 Å². The van der Waals surface area contributed by atoms with Gasteiger partial charge in [-0.2, -0.15) is 0 Å². The molecule has 1 amide bonds. The van der Waals surface area contributed by atoms with Crippen molar-refractivity contribution in [2.45, 2.75) is 373 Å². The molecule has 0 bridgehead atoms. The van der Waals surface area contributed by atoms with Gasteiger partial charge >= 0.3 is 7.82 Å². The van der Waals surface area contributed by atoms with Gasteiger partial charge < -0.3 is 19.8 Å². The fraction of sp³-hybridized carbons (Fsp3) is 0.810. The highest BCUT2D eigenvalue weighted by Gasteiger charge is 2.28. The number of carbonyl (C=O) groups is 1. The van der Waals surface area contributed by atoms with Gasteiger partial charge in [0.15, 0.2) is 0 Å². The second-order valence-electron chi connectivity index (χ2n) is 27.0. The summed E-state index contributed by atoms with van der Waals surface area (Å²) in [6.07, 6.45) is 99.1. The van der Waals surface area contributed by atoms with Gasteiger partial charge in [0.1, 0.15) is 13.2 Å². The first-order chi connectivity index (χ1) is 43.0. The molecule has 0 aromatic rings. The van der Waals surface area contributed by atoms with Crippen LogP contribution in [0.15, 0.2) is 85.1 Å². The van der Waals surface area contributed by atoms with Crippen LogP contribution in [0, 0.1) is 0 Å². The van der Waals surface area contributed by atoms with Crippen molar-refractivity contribution in [2.24, 2.45) is 0 Å². The average molecular weight is 1250 g/mol. The van der Waals surface area contributed by atoms with Crippen molar-refractivity contribution in [1.82, 2.24) is 5.32 Å². The number of likely N-dealkylation sites (N-methyl/N-ethyl adjacent to an activating group) is 1. The van der Waals surface area contributed by atoms with E-state index in [1.165, 1.54) is 270 Å². The maximum absolute atomic E-state index is 13.1. The first kappa shape index (κ1) is 85.7. The lowest BCUT2D eigenvalue weighted by Crippen LogP contribution is -2.45. The predicted octanol–water partition coefficient (Wildman–Crippen LogP) is 24.7. The molecule has 514 valence electrons. The first-order valence-corrected chi connectivity index (χ1v) is 39.5. The molecule has 0 aliphatic heterocycles. The number of quaternary nitrogens is 1. The van der Waals surface area contributed by atoms with E-state index < -0.39 is 20.0 Å². The number of nitrogens with zero attached hydrogens (tertiary/aromatic N) is 1. The number of hydrogen-bond donors (Lipinski definition) is 3. The average Bonchev–Trinajstić information content (AvgIpc) is 3.71. The molecule has 0 saturated heterocycles. The zero-order valence-electron chi connectivity index (χ0n) is 59.0. The standard InChI is InChI=1S/C79H147N2O6P/c1-6-8-10-12-14-16-18-20-22-24-26-28-30-32-33-34-35-36-37-38-39-40-41-42-43-44-45-46-47-49-51-53-55-57-59-61-63-65-67-69-71-73-79(83)80-77(76-87-88(84,85)86-75-74-81(3,4)5)78(82)72-70-68-66-64-62-60-58-56-54-52-50-48-31-29-27-25-23-21-19-17-15-13-11-9-7-2/h8,10,14,16,20,22,26,28,32-33,62,64,70,72,77-78,82H,6-7,9,11-13,15,17-19,21,23-25,27,29-31,34-61,63,65-69,71,73-76H2,1-5H3,(H-,80,83,84,85)/p+1/b10-8-,16-14-,22-20-,28-26-,33-32-,64-62+,72-70+. The Hall–Kier alpha value is -2.32. The van der Waals surface area contributed by atoms with E-state index in [4.69, 9.17) is 9.05 Å². The first-order valence-electron chi connectivity index (χ1n) is 38.0. The fourth-order valence-corrected chi connectivity index (χ4v) is 12.0. The van der Waals surface area contributed by atoms with E-state index >= 15 is 0 Å². The lowest BCUT2D eigenvalue weighted by atomic mass is 10.0. The van der Waals surface area contributed by atoms with Crippen LogP contribution in [-0.2, 0) is 18.4 Å². The molecular weight excluding hydrogens is 1100 g/mol. The summed E-state index contributed by atoms with van der Waals surface area (Å²) in [5.41, 5.74) is 0. The normalized spacial score (nSPS) is 14.0. The molecule has 0 heterocycles. The van der Waals surface area contributed by atoms with Gasteiger partial charge in [-0.25, -0.2) is 4.57 Å². The number of unbranched alkanes of at least 4 members (excludes halogenated alkanes) is 45. The SMILES string of the molecule is CC/C=C\C/C=C\C/C=C\C/C=C\C/C=C\CCCCCCCCCCCCCCCCCCCCCCCCCCCC(=O)NC(COP(=O)(O)OCC[N+](C)(C)C)C(O)/C=C/CC/C=C/CCCCCCCCCCCCCCCCCCCCC. The summed E-state index contributed by atoms with van der Waals surface area (Å²) in [4.78, 5) is 23.4. The monoisotopic (exact) mass is 1250 g/mol. The third-order valence-electron chi connectivity index (χ3n) is 17.1. The number of phosphoric acid groups is 1. The zero-order chi connectivity index (χ0) is 64.1. The highest BCUT2D eigenvalue weighted by molar-refractivity contribution is 7.47. The summed E-state index contributed by atoms with van der Waals surface area (Å²) in [7, 11) is 1.57. The molecule has 88 heavy (non-hydrogen) atoms. The highest BCUT2D eigenvalue weighted by Crippen LogP contribution is 2.43. The van der Waals surface area contributed by atoms with Crippen molar-refractivity contribution < 1.29 is 32.9 Å². The molecule has 0 saturated carbocycles. The molecule has 0 spiro atoms. The van der Waals surface area contributed by atoms with Gasteiger partial charge in [-0.05, 0) is 77.0 Å². The van der Waals surface area contributed by atoms with Crippen molar-refractivity contribution in [3.05, 3.63) is 85.1 Å². The predicted molar refractivity (Wildman–Crippen MR) is 387 cm³/mol. The highest BCUT2D eigenvalue weighted by atomic mass is 31.2. The Balaban J connectivity index is 3.97. The molecule has 0 rings (SSSR count). The van der Waals surface area contributed by atoms with Gasteiger partial charge in [0, 0.05) is 6.42 Å². The van der Waals surface area contributed by atoms with Gasteiger partial charge in [0.05, 0.1) is 39.9 Å². The summed E-state index contributed by atoms with van der Waals surface area (Å²) in [6.45, 7) is 4.73. The number of aliphatic hydroxyl groups is 1. The van der Waals surface area contributed by atoms with E-state index in [9.17, 15) is 19.4 Å². The van der Waals surface area contributed by atoms with Crippen molar-refractivity contribution in [3.63, 3.8) is 0 Å². The minimum Gasteiger partial charge on any atom is -0.387 e. The smallest absolute Gasteiger partial charge is 0.387 e. The van der Waals surface area contributed by atoms with Crippen LogP contribution in [0.4, 0.5) is 0 Å². The van der Waals surface area contributed by atoms with Crippen LogP contribution in [0.5, 0.6) is 0 Å². The summed E-state index contributed by atoms with van der Waals surface area (Å²) >= 11 is 0. The van der Waals surface area contributed by atoms with E-state index in [-0.39, 0.29) is 19.1 Å². The van der Waals surface area contributed by atoms with Crippen molar-refractivity contribution in [3.8, 4) is 0 Å². The number of phosphoric ester groups is 1. The van der Waals surface area contributed by atoms with E-state index in [1.54, 1.807) is 6.08 Å². The molecule has 0 aliphatic rings. The quantitative estimate of drug-likeness (QED) is 0.0243. The van der Waals surface area contributed by atoms with Crippen molar-refractivity contribution in [2.75, 3.05) is 40.9 Å². The van der Waals surface area contributed by atoms with Crippen LogP contribution in [0.1, 0.15) is 361 Å². The van der Waals surface area contributed by atoms with E-state index in [1.807, 2.05) is 27.2 Å². The number of carbonyl (C=O) groups excluding carboxylic acids is 1. The van der Waals surface area contributed by atoms with E-state index in [0.29, 0.717) is 17.4 Å². The minimum atomic E-state index is -4.36. The molecule has 0 radical (unpaired) electrons. The Kier molecular flexibility index (Phi) is 67.2. The molecule has 3 unspecified atom stereocenters. The molecule has 0 fully saturated rings.